The monoisotopic (exact) mass is 502 g/mol. The molecule has 1 aromatic carbocycles. The number of fused-ring (bicyclic) bond motifs is 2. The summed E-state index contributed by atoms with van der Waals surface area (Å²) < 4.78 is 7.93. The van der Waals surface area contributed by atoms with Gasteiger partial charge in [0.1, 0.15) is 12.6 Å². The van der Waals surface area contributed by atoms with Crippen molar-refractivity contribution in [2.75, 3.05) is 16.8 Å². The van der Waals surface area contributed by atoms with E-state index < -0.39 is 11.3 Å². The second kappa shape index (κ2) is 9.52. The smallest absolute Gasteiger partial charge is 0.240 e. The molecule has 0 bridgehead atoms. The fourth-order valence-corrected chi connectivity index (χ4v) is 5.49. The average molecular weight is 503 g/mol. The van der Waals surface area contributed by atoms with Gasteiger partial charge in [-0.1, -0.05) is 36.4 Å². The largest absolute Gasteiger partial charge is 0.360 e. The van der Waals surface area contributed by atoms with Gasteiger partial charge in [-0.15, -0.1) is 11.6 Å². The van der Waals surface area contributed by atoms with Crippen LogP contribution in [0.15, 0.2) is 78.6 Å². The fourth-order valence-electron chi connectivity index (χ4n) is 5.15. The fraction of sp³-hybridized carbons (Fsp3) is 0.333. The molecule has 6 rings (SSSR count). The maximum atomic E-state index is 13.8. The molecule has 1 fully saturated rings. The number of carbonyl (C=O) groups excluding carboxylic acids is 1. The maximum Gasteiger partial charge on any atom is 0.240 e. The summed E-state index contributed by atoms with van der Waals surface area (Å²) in [6.45, 7) is 2.76. The number of aromatic nitrogens is 4. The van der Waals surface area contributed by atoms with Gasteiger partial charge in [-0.2, -0.15) is 0 Å². The maximum absolute atomic E-state index is 13.8. The summed E-state index contributed by atoms with van der Waals surface area (Å²) in [5.74, 6) is 0.137. The van der Waals surface area contributed by atoms with E-state index in [1.165, 1.54) is 6.33 Å². The van der Waals surface area contributed by atoms with Crippen LogP contribution in [0.3, 0.4) is 0 Å². The van der Waals surface area contributed by atoms with Gasteiger partial charge in [-0.3, -0.25) is 14.3 Å². The van der Waals surface area contributed by atoms with E-state index in [2.05, 4.69) is 26.3 Å². The van der Waals surface area contributed by atoms with Crippen molar-refractivity contribution in [1.29, 1.82) is 0 Å². The highest BCUT2D eigenvalue weighted by Crippen LogP contribution is 2.38. The van der Waals surface area contributed by atoms with Crippen molar-refractivity contribution in [3.63, 3.8) is 0 Å². The standard InChI is InChI=1S/C27H27ClN6O2/c1-17(32-25-24-26(30-15-29-25)33(16-31-24)22-12-5-6-13-36-22)21-14-18-8-7-11-20(28)23(18)27(35)34(21)19-9-3-2-4-10-19/h2-4,7-11,14-17,20,22-23H,5-6,12-13H2,1H3,(H,29,30,32)/t17-,20?,22?,23?/m0/s1. The number of carbonyl (C=O) groups is 1. The van der Waals surface area contributed by atoms with Crippen LogP contribution in [0.2, 0.25) is 0 Å². The number of rotatable bonds is 5. The van der Waals surface area contributed by atoms with E-state index in [0.717, 1.165) is 48.5 Å². The Morgan fingerprint density at radius 3 is 2.83 bits per heavy atom. The van der Waals surface area contributed by atoms with Crippen LogP contribution >= 0.6 is 11.6 Å². The summed E-state index contributed by atoms with van der Waals surface area (Å²) in [5, 5.41) is 3.10. The van der Waals surface area contributed by atoms with E-state index in [0.29, 0.717) is 11.3 Å². The predicted molar refractivity (Wildman–Crippen MR) is 140 cm³/mol. The molecule has 36 heavy (non-hydrogen) atoms. The molecule has 1 aliphatic carbocycles. The van der Waals surface area contributed by atoms with Crippen molar-refractivity contribution in [2.45, 2.75) is 43.8 Å². The minimum absolute atomic E-state index is 0.0468. The van der Waals surface area contributed by atoms with Crippen molar-refractivity contribution >= 4 is 40.2 Å². The predicted octanol–water partition coefficient (Wildman–Crippen LogP) is 4.98. The number of amides is 1. The molecule has 4 atom stereocenters. The highest BCUT2D eigenvalue weighted by atomic mass is 35.5. The Morgan fingerprint density at radius 2 is 2.03 bits per heavy atom. The van der Waals surface area contributed by atoms with Crippen molar-refractivity contribution in [3.05, 3.63) is 78.6 Å². The van der Waals surface area contributed by atoms with Gasteiger partial charge in [0.05, 0.1) is 23.7 Å². The van der Waals surface area contributed by atoms with Gasteiger partial charge >= 0.3 is 0 Å². The second-order valence-electron chi connectivity index (χ2n) is 9.29. The summed E-state index contributed by atoms with van der Waals surface area (Å²) in [4.78, 5) is 29.1. The van der Waals surface area contributed by atoms with Crippen LogP contribution in [0.1, 0.15) is 32.4 Å². The zero-order valence-corrected chi connectivity index (χ0v) is 20.7. The van der Waals surface area contributed by atoms with Crippen LogP contribution in [0.4, 0.5) is 11.5 Å². The molecule has 4 heterocycles. The zero-order chi connectivity index (χ0) is 24.6. The number of nitrogens with zero attached hydrogens (tertiary/aromatic N) is 5. The van der Waals surface area contributed by atoms with Gasteiger partial charge in [0.25, 0.3) is 0 Å². The van der Waals surface area contributed by atoms with E-state index in [-0.39, 0.29) is 18.2 Å². The molecule has 0 radical (unpaired) electrons. The van der Waals surface area contributed by atoms with E-state index in [1.54, 1.807) is 11.2 Å². The Hall–Kier alpha value is -3.49. The Kier molecular flexibility index (Phi) is 6.07. The van der Waals surface area contributed by atoms with Gasteiger partial charge in [0.2, 0.25) is 5.91 Å². The molecule has 1 amide bonds. The first-order chi connectivity index (χ1) is 17.6. The third-order valence-corrected chi connectivity index (χ3v) is 7.35. The summed E-state index contributed by atoms with van der Waals surface area (Å²) >= 11 is 6.57. The Labute approximate surface area is 214 Å². The van der Waals surface area contributed by atoms with Crippen LogP contribution in [0, 0.1) is 5.92 Å². The number of imidazole rings is 1. The molecule has 3 aromatic rings. The van der Waals surface area contributed by atoms with Crippen LogP contribution in [-0.4, -0.2) is 43.5 Å². The lowest BCUT2D eigenvalue weighted by molar-refractivity contribution is -0.120. The number of benzene rings is 1. The Morgan fingerprint density at radius 1 is 1.17 bits per heavy atom. The quantitative estimate of drug-likeness (QED) is 0.495. The molecule has 184 valence electrons. The van der Waals surface area contributed by atoms with E-state index in [9.17, 15) is 4.79 Å². The number of anilines is 2. The van der Waals surface area contributed by atoms with Crippen molar-refractivity contribution < 1.29 is 9.53 Å². The minimum Gasteiger partial charge on any atom is -0.360 e. The third-order valence-electron chi connectivity index (χ3n) is 6.96. The summed E-state index contributed by atoms with van der Waals surface area (Å²) in [6, 6.07) is 9.40. The van der Waals surface area contributed by atoms with Crippen LogP contribution < -0.4 is 10.2 Å². The highest BCUT2D eigenvalue weighted by Gasteiger charge is 2.40. The van der Waals surface area contributed by atoms with E-state index in [4.69, 9.17) is 16.3 Å². The Bertz CT molecular complexity index is 1380. The molecule has 0 spiro atoms. The van der Waals surface area contributed by atoms with Gasteiger partial charge in [-0.05, 0) is 50.0 Å². The van der Waals surface area contributed by atoms with Crippen molar-refractivity contribution in [3.8, 4) is 0 Å². The van der Waals surface area contributed by atoms with Crippen LogP contribution in [-0.2, 0) is 9.53 Å². The summed E-state index contributed by atoms with van der Waals surface area (Å²) in [6.07, 6.45) is 14.2. The topological polar surface area (TPSA) is 85.2 Å². The molecule has 2 aromatic heterocycles. The molecule has 1 saturated heterocycles. The number of hydrogen-bond donors (Lipinski definition) is 1. The number of halogens is 1. The van der Waals surface area contributed by atoms with Crippen LogP contribution in [0.5, 0.6) is 0 Å². The zero-order valence-electron chi connectivity index (χ0n) is 19.9. The molecule has 2 aliphatic heterocycles. The van der Waals surface area contributed by atoms with Gasteiger partial charge < -0.3 is 10.1 Å². The lowest BCUT2D eigenvalue weighted by atomic mass is 9.85. The SMILES string of the molecule is C[C@H](Nc1ncnc2c1ncn2C1CCCCO1)C1=CC2=CC=CC(Cl)C2C(=O)N1c1ccccc1. The van der Waals surface area contributed by atoms with Crippen LogP contribution in [0.25, 0.3) is 11.2 Å². The minimum atomic E-state index is -0.426. The van der Waals surface area contributed by atoms with Gasteiger partial charge in [0.15, 0.2) is 17.0 Å². The van der Waals surface area contributed by atoms with Gasteiger partial charge in [-0.25, -0.2) is 15.0 Å². The first-order valence-electron chi connectivity index (χ1n) is 12.3. The van der Waals surface area contributed by atoms with Crippen molar-refractivity contribution in [2.24, 2.45) is 5.92 Å². The lowest BCUT2D eigenvalue weighted by Gasteiger charge is -2.39. The molecule has 3 unspecified atom stereocenters. The summed E-state index contributed by atoms with van der Waals surface area (Å²) in [7, 11) is 0. The third kappa shape index (κ3) is 4.00. The molecule has 8 nitrogen and oxygen atoms in total. The molecule has 3 aliphatic rings. The molecule has 1 N–H and O–H groups in total. The normalized spacial score (nSPS) is 24.8. The number of nitrogens with one attached hydrogen (secondary N) is 1. The number of allylic oxidation sites excluding steroid dienone is 4. The number of ether oxygens (including phenoxy) is 1. The highest BCUT2D eigenvalue weighted by molar-refractivity contribution is 6.25. The average Bonchev–Trinajstić information content (AvgIpc) is 3.35. The first kappa shape index (κ1) is 22.9. The molecule has 0 saturated carbocycles. The number of alkyl halides is 1. The second-order valence-corrected chi connectivity index (χ2v) is 9.79. The molecule has 9 heteroatoms. The van der Waals surface area contributed by atoms with Gasteiger partial charge in [0, 0.05) is 18.0 Å². The molecular formula is C27H27ClN6O2. The lowest BCUT2D eigenvalue weighted by Crippen LogP contribution is -2.47. The van der Waals surface area contributed by atoms with Crippen molar-refractivity contribution in [1.82, 2.24) is 19.5 Å². The number of para-hydroxylation sites is 1. The summed E-state index contributed by atoms with van der Waals surface area (Å²) in [5.41, 5.74) is 3.92. The van der Waals surface area contributed by atoms with E-state index >= 15 is 0 Å². The molecular weight excluding hydrogens is 476 g/mol. The van der Waals surface area contributed by atoms with E-state index in [1.807, 2.05) is 60.1 Å². The number of hydrogen-bond acceptors (Lipinski definition) is 6. The Balaban J connectivity index is 1.36. The first-order valence-corrected chi connectivity index (χ1v) is 12.7.